The van der Waals surface area contributed by atoms with Crippen LogP contribution in [0.4, 0.5) is 0 Å². The molecule has 3 atom stereocenters. The third kappa shape index (κ3) is 1.97. The normalized spacial score (nSPS) is 28.3. The summed E-state index contributed by atoms with van der Waals surface area (Å²) < 4.78 is 13.1. The first-order valence-electron chi connectivity index (χ1n) is 7.51. The van der Waals surface area contributed by atoms with Crippen LogP contribution >= 0.6 is 23.1 Å². The van der Waals surface area contributed by atoms with Gasteiger partial charge in [0.25, 0.3) is 0 Å². The molecule has 114 valence electrons. The Hall–Kier alpha value is -1.24. The van der Waals surface area contributed by atoms with Crippen LogP contribution in [0.5, 0.6) is 5.75 Å². The first-order chi connectivity index (χ1) is 10.8. The minimum absolute atomic E-state index is 0.151. The van der Waals surface area contributed by atoms with Gasteiger partial charge in [0.1, 0.15) is 5.75 Å². The Morgan fingerprint density at radius 2 is 2.14 bits per heavy atom. The molecular weight excluding hydrogens is 318 g/mol. The number of hydrogen-bond acceptors (Lipinski definition) is 5. The van der Waals surface area contributed by atoms with Crippen LogP contribution in [0.3, 0.4) is 0 Å². The second-order valence-electron chi connectivity index (χ2n) is 6.00. The predicted molar refractivity (Wildman–Crippen MR) is 86.3 cm³/mol. The number of fused-ring (bicyclic) bond motifs is 5. The number of thioether (sulfide) groups is 1. The number of epoxide rings is 1. The van der Waals surface area contributed by atoms with Gasteiger partial charge in [-0.3, -0.25) is 9.36 Å². The van der Waals surface area contributed by atoms with Crippen molar-refractivity contribution in [2.24, 2.45) is 5.92 Å². The minimum Gasteiger partial charge on any atom is -0.493 e. The summed E-state index contributed by atoms with van der Waals surface area (Å²) >= 11 is 3.22. The second kappa shape index (κ2) is 4.88. The molecule has 0 N–H and O–H groups in total. The number of nitrogens with zero attached hydrogens (tertiary/aromatic N) is 1. The molecule has 6 heteroatoms. The van der Waals surface area contributed by atoms with Crippen LogP contribution < -0.4 is 9.61 Å². The average Bonchev–Trinajstić information content (AvgIpc) is 3.31. The molecule has 5 rings (SSSR count). The van der Waals surface area contributed by atoms with Crippen molar-refractivity contribution in [2.75, 3.05) is 19.0 Å². The zero-order valence-corrected chi connectivity index (χ0v) is 13.5. The number of hydrogen-bond donors (Lipinski definition) is 0. The van der Waals surface area contributed by atoms with Crippen molar-refractivity contribution < 1.29 is 9.47 Å². The summed E-state index contributed by atoms with van der Waals surface area (Å²) in [5.41, 5.74) is 1.23. The summed E-state index contributed by atoms with van der Waals surface area (Å²) in [6, 6.07) is 8.24. The Morgan fingerprint density at radius 3 is 3.00 bits per heavy atom. The van der Waals surface area contributed by atoms with Gasteiger partial charge in [-0.15, -0.1) is 11.8 Å². The average molecular weight is 333 g/mol. The molecule has 2 aromatic rings. The lowest BCUT2D eigenvalue weighted by atomic mass is 9.84. The van der Waals surface area contributed by atoms with E-state index < -0.39 is 0 Å². The van der Waals surface area contributed by atoms with E-state index in [0.717, 1.165) is 29.7 Å². The van der Waals surface area contributed by atoms with Gasteiger partial charge in [-0.05, 0) is 6.07 Å². The highest BCUT2D eigenvalue weighted by atomic mass is 32.2. The number of thiazole rings is 1. The smallest absolute Gasteiger partial charge is 0.308 e. The first-order valence-corrected chi connectivity index (χ1v) is 9.31. The van der Waals surface area contributed by atoms with E-state index in [0.29, 0.717) is 18.4 Å². The van der Waals surface area contributed by atoms with Crippen LogP contribution in [0.15, 0.2) is 34.1 Å². The number of rotatable bonds is 2. The van der Waals surface area contributed by atoms with Crippen molar-refractivity contribution in [2.45, 2.75) is 23.6 Å². The summed E-state index contributed by atoms with van der Waals surface area (Å²) in [6.45, 7) is 2.23. The van der Waals surface area contributed by atoms with Gasteiger partial charge >= 0.3 is 4.87 Å². The van der Waals surface area contributed by atoms with E-state index in [-0.39, 0.29) is 11.0 Å². The van der Waals surface area contributed by atoms with Crippen LogP contribution in [0, 0.1) is 5.92 Å². The highest BCUT2D eigenvalue weighted by molar-refractivity contribution is 7.99. The van der Waals surface area contributed by atoms with E-state index in [2.05, 4.69) is 12.1 Å². The summed E-state index contributed by atoms with van der Waals surface area (Å²) in [7, 11) is 0. The van der Waals surface area contributed by atoms with E-state index >= 15 is 0 Å². The Kier molecular flexibility index (Phi) is 2.93. The molecule has 0 spiro atoms. The number of ether oxygens (including phenoxy) is 2. The lowest BCUT2D eigenvalue weighted by Gasteiger charge is -2.36. The monoisotopic (exact) mass is 333 g/mol. The molecule has 1 fully saturated rings. The standard InChI is InChI=1S/C16H15NO3S2/c18-16-17(5-10-7-19-10)15-14(22-16)13-9(8-21-15)6-20-12-4-2-1-3-11(12)13/h1-4,9-10,13H,5-8H2. The lowest BCUT2D eigenvalue weighted by Crippen LogP contribution is -2.31. The van der Waals surface area contributed by atoms with Crippen LogP contribution in [0.1, 0.15) is 16.4 Å². The molecule has 0 bridgehead atoms. The fraction of sp³-hybridized carbons (Fsp3) is 0.438. The Balaban J connectivity index is 1.65. The van der Waals surface area contributed by atoms with E-state index in [1.165, 1.54) is 21.8 Å². The van der Waals surface area contributed by atoms with Crippen molar-refractivity contribution in [3.8, 4) is 5.75 Å². The maximum atomic E-state index is 12.4. The van der Waals surface area contributed by atoms with Crippen LogP contribution in [-0.2, 0) is 11.3 Å². The van der Waals surface area contributed by atoms with Gasteiger partial charge in [-0.25, -0.2) is 0 Å². The molecule has 0 radical (unpaired) electrons. The second-order valence-corrected chi connectivity index (χ2v) is 8.00. The van der Waals surface area contributed by atoms with Crippen molar-refractivity contribution in [3.63, 3.8) is 0 Å². The van der Waals surface area contributed by atoms with Crippen molar-refractivity contribution >= 4 is 23.1 Å². The van der Waals surface area contributed by atoms with Gasteiger partial charge < -0.3 is 9.47 Å². The van der Waals surface area contributed by atoms with Crippen molar-refractivity contribution in [1.82, 2.24) is 4.57 Å². The van der Waals surface area contributed by atoms with Crippen LogP contribution in [-0.4, -0.2) is 29.6 Å². The van der Waals surface area contributed by atoms with Gasteiger partial charge in [-0.1, -0.05) is 29.5 Å². The van der Waals surface area contributed by atoms with Gasteiger partial charge in [0, 0.05) is 28.0 Å². The Morgan fingerprint density at radius 1 is 1.27 bits per heavy atom. The molecule has 0 saturated carbocycles. The predicted octanol–water partition coefficient (Wildman–Crippen LogP) is 2.55. The van der Waals surface area contributed by atoms with Gasteiger partial charge in [0.15, 0.2) is 0 Å². The molecule has 3 aliphatic rings. The highest BCUT2D eigenvalue weighted by Crippen LogP contribution is 2.50. The van der Waals surface area contributed by atoms with Gasteiger partial charge in [0.2, 0.25) is 0 Å². The molecule has 4 heterocycles. The maximum Gasteiger partial charge on any atom is 0.308 e. The lowest BCUT2D eigenvalue weighted by molar-refractivity contribution is 0.218. The molecule has 3 aliphatic heterocycles. The minimum atomic E-state index is 0.151. The van der Waals surface area contributed by atoms with Crippen molar-refractivity contribution in [3.05, 3.63) is 44.4 Å². The molecule has 0 aliphatic carbocycles. The zero-order chi connectivity index (χ0) is 14.7. The summed E-state index contributed by atoms with van der Waals surface area (Å²) in [6.07, 6.45) is 0.233. The topological polar surface area (TPSA) is 43.8 Å². The molecular formula is C16H15NO3S2. The molecule has 0 amide bonds. The fourth-order valence-electron chi connectivity index (χ4n) is 3.39. The number of para-hydroxylation sites is 1. The molecule has 1 saturated heterocycles. The van der Waals surface area contributed by atoms with Crippen LogP contribution in [0.25, 0.3) is 0 Å². The molecule has 1 aromatic carbocycles. The summed E-state index contributed by atoms with van der Waals surface area (Å²) in [5, 5.41) is 1.16. The van der Waals surface area contributed by atoms with E-state index in [1.54, 1.807) is 11.8 Å². The quantitative estimate of drug-likeness (QED) is 0.792. The van der Waals surface area contributed by atoms with Crippen molar-refractivity contribution in [1.29, 1.82) is 0 Å². The zero-order valence-electron chi connectivity index (χ0n) is 11.9. The molecule has 22 heavy (non-hydrogen) atoms. The van der Waals surface area contributed by atoms with Gasteiger partial charge in [0.05, 0.1) is 30.9 Å². The third-order valence-corrected chi connectivity index (χ3v) is 7.06. The Labute approximate surface area is 136 Å². The Bertz CT molecular complexity index is 793. The molecule has 4 nitrogen and oxygen atoms in total. The summed E-state index contributed by atoms with van der Waals surface area (Å²) in [4.78, 5) is 13.8. The van der Waals surface area contributed by atoms with Crippen LogP contribution in [0.2, 0.25) is 0 Å². The largest absolute Gasteiger partial charge is 0.493 e. The molecule has 3 unspecified atom stereocenters. The molecule has 1 aromatic heterocycles. The summed E-state index contributed by atoms with van der Waals surface area (Å²) in [5.74, 6) is 2.74. The first kappa shape index (κ1) is 13.2. The van der Waals surface area contributed by atoms with E-state index in [1.807, 2.05) is 16.7 Å². The van der Waals surface area contributed by atoms with Gasteiger partial charge in [-0.2, -0.15) is 0 Å². The number of benzene rings is 1. The van der Waals surface area contributed by atoms with E-state index in [9.17, 15) is 4.79 Å². The highest BCUT2D eigenvalue weighted by Gasteiger charge is 2.40. The van der Waals surface area contributed by atoms with E-state index in [4.69, 9.17) is 9.47 Å². The fourth-order valence-corrected chi connectivity index (χ4v) is 6.10. The third-order valence-electron chi connectivity index (χ3n) is 4.56. The maximum absolute atomic E-state index is 12.4. The number of aromatic nitrogens is 1. The SMILES string of the molecule is O=c1sc2c(n1CC1CO1)SCC1COc3ccccc3C21.